The van der Waals surface area contributed by atoms with Crippen LogP contribution in [0.4, 0.5) is 0 Å². The molecule has 1 N–H and O–H groups in total. The molecule has 2 aromatic carbocycles. The number of carbonyl (C=O) groups excluding carboxylic acids is 1. The minimum atomic E-state index is -3.69. The minimum absolute atomic E-state index is 0.0302. The molecular weight excluding hydrogens is 460 g/mol. The average Bonchev–Trinajstić information content (AvgIpc) is 3.16. The Morgan fingerprint density at radius 1 is 1.16 bits per heavy atom. The Kier molecular flexibility index (Phi) is 5.69. The van der Waals surface area contributed by atoms with Crippen molar-refractivity contribution in [2.45, 2.75) is 6.61 Å². The van der Waals surface area contributed by atoms with Crippen LogP contribution in [0.3, 0.4) is 0 Å². The Morgan fingerprint density at radius 3 is 2.48 bits per heavy atom. The Balaban J connectivity index is 1.52. The molecule has 0 saturated heterocycles. The van der Waals surface area contributed by atoms with Crippen LogP contribution in [-0.4, -0.2) is 41.7 Å². The Bertz CT molecular complexity index is 1270. The third-order valence-corrected chi connectivity index (χ3v) is 6.34. The van der Waals surface area contributed by atoms with Gasteiger partial charge in [-0.1, -0.05) is 35.9 Å². The monoisotopic (exact) mass is 474 g/mol. The first-order valence-electron chi connectivity index (χ1n) is 8.88. The van der Waals surface area contributed by atoms with E-state index in [4.69, 9.17) is 21.7 Å². The summed E-state index contributed by atoms with van der Waals surface area (Å²) in [6.45, 7) is 0.373. The molecular formula is C20H15ClN4O4S2. The zero-order valence-electron chi connectivity index (χ0n) is 16.1. The molecule has 2 aromatic rings. The summed E-state index contributed by atoms with van der Waals surface area (Å²) in [6.07, 6.45) is 2.47. The number of aliphatic imine (C=N–C) groups is 1. The van der Waals surface area contributed by atoms with E-state index in [0.29, 0.717) is 22.9 Å². The molecule has 0 radical (unpaired) electrons. The van der Waals surface area contributed by atoms with Gasteiger partial charge < -0.3 is 4.74 Å². The van der Waals surface area contributed by atoms with Crippen molar-refractivity contribution in [1.82, 2.24) is 4.90 Å². The standard InChI is InChI=1S/C20H15ClN4O4S2/c1-31(27,28)20-24-30-19-23-18(26)16(17(22)25(19)20)10-12-4-8-15(9-5-12)29-11-13-2-6-14(21)7-3-13/h2-10,22H,11H2,1H3/b16-10-,22-17?. The number of carbonyl (C=O) groups is 1. The highest BCUT2D eigenvalue weighted by Gasteiger charge is 2.41. The number of sulfone groups is 1. The van der Waals surface area contributed by atoms with Gasteiger partial charge in [-0.15, -0.1) is 0 Å². The number of ether oxygens (including phenoxy) is 1. The third-order valence-electron chi connectivity index (χ3n) is 4.34. The van der Waals surface area contributed by atoms with Gasteiger partial charge >= 0.3 is 0 Å². The summed E-state index contributed by atoms with van der Waals surface area (Å²) in [6, 6.07) is 14.3. The first-order valence-corrected chi connectivity index (χ1v) is 11.9. The molecule has 0 spiro atoms. The second-order valence-electron chi connectivity index (χ2n) is 6.66. The SMILES string of the molecule is CS(=O)(=O)C1=NSC2=NC(=O)/C(=C\c3ccc(OCc4ccc(Cl)cc4)cc3)C(=N)N21. The summed E-state index contributed by atoms with van der Waals surface area (Å²) in [5, 5.41) is 8.74. The van der Waals surface area contributed by atoms with Crippen molar-refractivity contribution in [2.24, 2.45) is 9.39 Å². The summed E-state index contributed by atoms with van der Waals surface area (Å²) < 4.78 is 33.4. The van der Waals surface area contributed by atoms with Crippen molar-refractivity contribution in [2.75, 3.05) is 6.26 Å². The van der Waals surface area contributed by atoms with Crippen LogP contribution in [0, 0.1) is 5.41 Å². The molecule has 0 aliphatic carbocycles. The van der Waals surface area contributed by atoms with E-state index >= 15 is 0 Å². The molecule has 2 aliphatic rings. The number of hydrogen-bond acceptors (Lipinski definition) is 7. The van der Waals surface area contributed by atoms with Gasteiger partial charge in [-0.25, -0.2) is 13.3 Å². The number of benzene rings is 2. The van der Waals surface area contributed by atoms with Crippen LogP contribution < -0.4 is 4.74 Å². The van der Waals surface area contributed by atoms with Crippen molar-refractivity contribution in [3.05, 3.63) is 70.3 Å². The number of rotatable bonds is 4. The van der Waals surface area contributed by atoms with Crippen LogP contribution in [-0.2, 0) is 21.2 Å². The molecule has 0 aromatic heterocycles. The fraction of sp³-hybridized carbons (Fsp3) is 0.100. The molecule has 2 aliphatic heterocycles. The van der Waals surface area contributed by atoms with E-state index in [0.717, 1.165) is 28.7 Å². The number of fused-ring (bicyclic) bond motifs is 1. The van der Waals surface area contributed by atoms with Crippen LogP contribution in [0.25, 0.3) is 6.08 Å². The fourth-order valence-corrected chi connectivity index (χ4v) is 4.78. The molecule has 0 unspecified atom stereocenters. The number of amides is 1. The van der Waals surface area contributed by atoms with E-state index in [1.165, 1.54) is 6.08 Å². The number of amidine groups is 3. The van der Waals surface area contributed by atoms with E-state index < -0.39 is 15.7 Å². The van der Waals surface area contributed by atoms with Crippen LogP contribution in [0.2, 0.25) is 5.02 Å². The van der Waals surface area contributed by atoms with Crippen molar-refractivity contribution in [1.29, 1.82) is 5.41 Å². The Labute approximate surface area is 187 Å². The van der Waals surface area contributed by atoms with Crippen LogP contribution in [0.15, 0.2) is 63.5 Å². The maximum Gasteiger partial charge on any atom is 0.283 e. The zero-order valence-corrected chi connectivity index (χ0v) is 18.5. The molecule has 31 heavy (non-hydrogen) atoms. The molecule has 0 bridgehead atoms. The Morgan fingerprint density at radius 2 is 1.84 bits per heavy atom. The van der Waals surface area contributed by atoms with Crippen molar-refractivity contribution in [3.8, 4) is 5.75 Å². The zero-order chi connectivity index (χ0) is 22.2. The van der Waals surface area contributed by atoms with E-state index in [1.807, 2.05) is 12.1 Å². The minimum Gasteiger partial charge on any atom is -0.489 e. The first-order chi connectivity index (χ1) is 14.7. The molecule has 4 rings (SSSR count). The normalized spacial score (nSPS) is 17.5. The van der Waals surface area contributed by atoms with Gasteiger partial charge in [0.1, 0.15) is 18.2 Å². The molecule has 11 heteroatoms. The van der Waals surface area contributed by atoms with Crippen LogP contribution in [0.1, 0.15) is 11.1 Å². The van der Waals surface area contributed by atoms with Gasteiger partial charge in [-0.3, -0.25) is 10.2 Å². The summed E-state index contributed by atoms with van der Waals surface area (Å²) in [4.78, 5) is 17.3. The highest BCUT2D eigenvalue weighted by atomic mass is 35.5. The van der Waals surface area contributed by atoms with Gasteiger partial charge in [-0.2, -0.15) is 9.39 Å². The molecule has 0 saturated carbocycles. The molecule has 158 valence electrons. The van der Waals surface area contributed by atoms with E-state index in [2.05, 4.69) is 9.39 Å². The molecule has 0 atom stereocenters. The fourth-order valence-electron chi connectivity index (χ4n) is 2.81. The summed E-state index contributed by atoms with van der Waals surface area (Å²) in [5.41, 5.74) is 1.57. The predicted octanol–water partition coefficient (Wildman–Crippen LogP) is 3.54. The lowest BCUT2D eigenvalue weighted by atomic mass is 10.1. The van der Waals surface area contributed by atoms with Gasteiger partial charge in [0.25, 0.3) is 5.91 Å². The summed E-state index contributed by atoms with van der Waals surface area (Å²) >= 11 is 6.63. The highest BCUT2D eigenvalue weighted by Crippen LogP contribution is 2.29. The maximum absolute atomic E-state index is 12.4. The molecule has 8 nitrogen and oxygen atoms in total. The second-order valence-corrected chi connectivity index (χ2v) is 9.74. The largest absolute Gasteiger partial charge is 0.489 e. The highest BCUT2D eigenvalue weighted by molar-refractivity contribution is 8.16. The van der Waals surface area contributed by atoms with Crippen molar-refractivity contribution >= 4 is 61.5 Å². The maximum atomic E-state index is 12.4. The van der Waals surface area contributed by atoms with E-state index in [1.54, 1.807) is 36.4 Å². The lowest BCUT2D eigenvalue weighted by Crippen LogP contribution is -2.45. The lowest BCUT2D eigenvalue weighted by Gasteiger charge is -2.23. The topological polar surface area (TPSA) is 112 Å². The van der Waals surface area contributed by atoms with Crippen LogP contribution >= 0.6 is 23.5 Å². The van der Waals surface area contributed by atoms with Crippen LogP contribution in [0.5, 0.6) is 5.75 Å². The molecule has 2 heterocycles. The predicted molar refractivity (Wildman–Crippen MR) is 122 cm³/mol. The molecule has 0 fully saturated rings. The van der Waals surface area contributed by atoms with Gasteiger partial charge in [0.15, 0.2) is 0 Å². The number of nitrogens with one attached hydrogen (secondary N) is 1. The average molecular weight is 475 g/mol. The first kappa shape index (κ1) is 21.3. The quantitative estimate of drug-likeness (QED) is 0.535. The third kappa shape index (κ3) is 4.55. The van der Waals surface area contributed by atoms with Crippen molar-refractivity contribution < 1.29 is 17.9 Å². The van der Waals surface area contributed by atoms with Gasteiger partial charge in [0.05, 0.1) is 17.5 Å². The van der Waals surface area contributed by atoms with Crippen molar-refractivity contribution in [3.63, 3.8) is 0 Å². The molecule has 1 amide bonds. The number of nitrogens with zero attached hydrogens (tertiary/aromatic N) is 3. The van der Waals surface area contributed by atoms with E-state index in [9.17, 15) is 13.2 Å². The second kappa shape index (κ2) is 8.29. The Hall–Kier alpha value is -2.95. The van der Waals surface area contributed by atoms with E-state index in [-0.39, 0.29) is 21.7 Å². The smallest absolute Gasteiger partial charge is 0.283 e. The summed E-state index contributed by atoms with van der Waals surface area (Å²) in [5.74, 6) is -0.283. The van der Waals surface area contributed by atoms with Gasteiger partial charge in [-0.05, 0) is 41.5 Å². The lowest BCUT2D eigenvalue weighted by molar-refractivity contribution is -0.114. The summed E-state index contributed by atoms with van der Waals surface area (Å²) in [7, 11) is -3.69. The van der Waals surface area contributed by atoms with Gasteiger partial charge in [0.2, 0.25) is 20.2 Å². The van der Waals surface area contributed by atoms with Gasteiger partial charge in [0, 0.05) is 11.3 Å². The number of hydrogen-bond donors (Lipinski definition) is 1. The number of halogens is 1.